The molecule has 0 aromatic rings. The second-order valence-corrected chi connectivity index (χ2v) is 7.20. The van der Waals surface area contributed by atoms with Crippen molar-refractivity contribution in [3.05, 3.63) is 0 Å². The number of carbonyl (C=O) groups is 1. The smallest absolute Gasteiger partial charge is 0.353 e. The van der Waals surface area contributed by atoms with Gasteiger partial charge in [0.05, 0.1) is 5.92 Å². The summed E-state index contributed by atoms with van der Waals surface area (Å²) >= 11 is 0. The number of alkyl halides is 3. The van der Waals surface area contributed by atoms with Gasteiger partial charge < -0.3 is 5.32 Å². The van der Waals surface area contributed by atoms with Gasteiger partial charge in [0, 0.05) is 12.0 Å². The topological polar surface area (TPSA) is 29.1 Å². The molecule has 2 aliphatic carbocycles. The predicted molar refractivity (Wildman–Crippen MR) is 71.1 cm³/mol. The zero-order valence-corrected chi connectivity index (χ0v) is 12.2. The maximum Gasteiger partial charge on any atom is 0.391 e. The van der Waals surface area contributed by atoms with Gasteiger partial charge in [0.2, 0.25) is 5.91 Å². The molecular weight excluding hydrogens is 267 g/mol. The van der Waals surface area contributed by atoms with Crippen molar-refractivity contribution in [2.24, 2.45) is 17.3 Å². The van der Waals surface area contributed by atoms with Crippen LogP contribution in [-0.2, 0) is 4.79 Å². The summed E-state index contributed by atoms with van der Waals surface area (Å²) in [5.41, 5.74) is 0.270. The van der Waals surface area contributed by atoms with Crippen LogP contribution in [0.3, 0.4) is 0 Å². The van der Waals surface area contributed by atoms with Gasteiger partial charge >= 0.3 is 6.18 Å². The van der Waals surface area contributed by atoms with Crippen molar-refractivity contribution in [2.45, 2.75) is 71.0 Å². The lowest BCUT2D eigenvalue weighted by molar-refractivity contribution is -0.184. The van der Waals surface area contributed by atoms with E-state index in [-0.39, 0.29) is 36.1 Å². The van der Waals surface area contributed by atoms with Gasteiger partial charge in [-0.2, -0.15) is 13.2 Å². The predicted octanol–water partition coefficient (Wildman–Crippen LogP) is 4.05. The molecule has 0 aromatic heterocycles. The molecule has 0 bridgehead atoms. The van der Waals surface area contributed by atoms with Gasteiger partial charge in [-0.25, -0.2) is 0 Å². The third-order valence-electron chi connectivity index (χ3n) is 4.88. The minimum Gasteiger partial charge on any atom is -0.353 e. The fourth-order valence-corrected chi connectivity index (χ4v) is 3.56. The summed E-state index contributed by atoms with van der Waals surface area (Å²) < 4.78 is 37.7. The van der Waals surface area contributed by atoms with Gasteiger partial charge in [-0.05, 0) is 50.4 Å². The number of hydrogen-bond acceptors (Lipinski definition) is 1. The van der Waals surface area contributed by atoms with E-state index >= 15 is 0 Å². The van der Waals surface area contributed by atoms with Crippen molar-refractivity contribution < 1.29 is 18.0 Å². The molecule has 2 nitrogen and oxygen atoms in total. The van der Waals surface area contributed by atoms with E-state index in [0.29, 0.717) is 12.8 Å². The largest absolute Gasteiger partial charge is 0.391 e. The van der Waals surface area contributed by atoms with Gasteiger partial charge in [-0.15, -0.1) is 0 Å². The lowest BCUT2D eigenvalue weighted by atomic mass is 9.81. The molecule has 5 heteroatoms. The Morgan fingerprint density at radius 1 is 1.10 bits per heavy atom. The second-order valence-electron chi connectivity index (χ2n) is 7.20. The van der Waals surface area contributed by atoms with E-state index in [9.17, 15) is 18.0 Å². The van der Waals surface area contributed by atoms with Crippen LogP contribution in [0.1, 0.15) is 58.8 Å². The molecule has 0 heterocycles. The Labute approximate surface area is 118 Å². The minimum atomic E-state index is -4.10. The van der Waals surface area contributed by atoms with Crippen molar-refractivity contribution in [1.29, 1.82) is 0 Å². The van der Waals surface area contributed by atoms with Crippen LogP contribution in [0.25, 0.3) is 0 Å². The van der Waals surface area contributed by atoms with Gasteiger partial charge in [0.15, 0.2) is 0 Å². The third-order valence-corrected chi connectivity index (χ3v) is 4.88. The molecule has 0 aliphatic heterocycles. The quantitative estimate of drug-likeness (QED) is 0.817. The molecule has 2 rings (SSSR count). The molecule has 2 saturated carbocycles. The standard InChI is InChI=1S/C15H24F3NO/c1-14(2)8-7-12(9-14)19-13(20)10-3-5-11(6-4-10)15(16,17)18/h10-12H,3-9H2,1-2H3,(H,19,20). The molecule has 2 fully saturated rings. The first-order valence-corrected chi connectivity index (χ1v) is 7.54. The summed E-state index contributed by atoms with van der Waals surface area (Å²) in [6, 6.07) is 0.206. The molecular formula is C15H24F3NO. The van der Waals surface area contributed by atoms with Gasteiger partial charge in [-0.1, -0.05) is 13.8 Å². The van der Waals surface area contributed by atoms with Crippen LogP contribution in [0.5, 0.6) is 0 Å². The average molecular weight is 291 g/mol. The van der Waals surface area contributed by atoms with E-state index in [0.717, 1.165) is 19.3 Å². The number of amides is 1. The first kappa shape index (κ1) is 15.6. The third kappa shape index (κ3) is 3.89. The Morgan fingerprint density at radius 3 is 2.15 bits per heavy atom. The van der Waals surface area contributed by atoms with Crippen LogP contribution in [0.2, 0.25) is 0 Å². The Balaban J connectivity index is 1.78. The van der Waals surface area contributed by atoms with E-state index in [4.69, 9.17) is 0 Å². The molecule has 2 aliphatic rings. The Hall–Kier alpha value is -0.740. The van der Waals surface area contributed by atoms with Crippen LogP contribution in [0.15, 0.2) is 0 Å². The highest BCUT2D eigenvalue weighted by molar-refractivity contribution is 5.79. The summed E-state index contributed by atoms with van der Waals surface area (Å²) in [7, 11) is 0. The van der Waals surface area contributed by atoms with Crippen molar-refractivity contribution in [3.63, 3.8) is 0 Å². The van der Waals surface area contributed by atoms with Gasteiger partial charge in [0.1, 0.15) is 0 Å². The molecule has 1 N–H and O–H groups in total. The van der Waals surface area contributed by atoms with Crippen LogP contribution < -0.4 is 5.32 Å². The van der Waals surface area contributed by atoms with E-state index in [1.165, 1.54) is 0 Å². The summed E-state index contributed by atoms with van der Waals surface area (Å²) in [6.07, 6.45) is -0.128. The Morgan fingerprint density at radius 2 is 1.70 bits per heavy atom. The Kier molecular flexibility index (Phi) is 4.35. The van der Waals surface area contributed by atoms with E-state index in [1.54, 1.807) is 0 Å². The molecule has 0 radical (unpaired) electrons. The lowest BCUT2D eigenvalue weighted by Gasteiger charge is -2.30. The summed E-state index contributed by atoms with van der Waals surface area (Å²) in [5, 5.41) is 3.04. The summed E-state index contributed by atoms with van der Waals surface area (Å²) in [5.74, 6) is -1.47. The summed E-state index contributed by atoms with van der Waals surface area (Å²) in [4.78, 5) is 12.1. The first-order chi connectivity index (χ1) is 9.17. The monoisotopic (exact) mass is 291 g/mol. The van der Waals surface area contributed by atoms with Crippen molar-refractivity contribution >= 4 is 5.91 Å². The molecule has 0 spiro atoms. The normalized spacial score (nSPS) is 34.0. The number of nitrogens with one attached hydrogen (secondary N) is 1. The molecule has 0 saturated heterocycles. The van der Waals surface area contributed by atoms with Gasteiger partial charge in [0.25, 0.3) is 0 Å². The van der Waals surface area contributed by atoms with Crippen LogP contribution in [0.4, 0.5) is 13.2 Å². The minimum absolute atomic E-state index is 0.0340. The second kappa shape index (κ2) is 5.57. The first-order valence-electron chi connectivity index (χ1n) is 7.54. The average Bonchev–Trinajstić information content (AvgIpc) is 2.67. The summed E-state index contributed by atoms with van der Waals surface area (Å²) in [6.45, 7) is 4.38. The number of hydrogen-bond donors (Lipinski definition) is 1. The van der Waals surface area contributed by atoms with Crippen molar-refractivity contribution in [2.75, 3.05) is 0 Å². The molecule has 0 aromatic carbocycles. The van der Waals surface area contributed by atoms with E-state index in [1.807, 2.05) is 0 Å². The number of carbonyl (C=O) groups excluding carboxylic acids is 1. The number of halogens is 3. The lowest BCUT2D eigenvalue weighted by Crippen LogP contribution is -2.40. The molecule has 1 unspecified atom stereocenters. The number of rotatable bonds is 2. The molecule has 116 valence electrons. The van der Waals surface area contributed by atoms with Gasteiger partial charge in [-0.3, -0.25) is 4.79 Å². The fraction of sp³-hybridized carbons (Fsp3) is 0.933. The Bertz CT molecular complexity index is 357. The zero-order chi connectivity index (χ0) is 15.0. The molecule has 1 atom stereocenters. The maximum absolute atomic E-state index is 12.6. The highest BCUT2D eigenvalue weighted by Crippen LogP contribution is 2.40. The zero-order valence-electron chi connectivity index (χ0n) is 12.2. The molecule has 20 heavy (non-hydrogen) atoms. The van der Waals surface area contributed by atoms with E-state index in [2.05, 4.69) is 19.2 Å². The maximum atomic E-state index is 12.6. The van der Waals surface area contributed by atoms with Crippen molar-refractivity contribution in [3.8, 4) is 0 Å². The molecule has 1 amide bonds. The highest BCUT2D eigenvalue weighted by Gasteiger charge is 2.42. The van der Waals surface area contributed by atoms with Crippen molar-refractivity contribution in [1.82, 2.24) is 5.32 Å². The SMILES string of the molecule is CC1(C)CCC(NC(=O)C2CCC(C(F)(F)F)CC2)C1. The fourth-order valence-electron chi connectivity index (χ4n) is 3.56. The van der Waals surface area contributed by atoms with Crippen LogP contribution >= 0.6 is 0 Å². The highest BCUT2D eigenvalue weighted by atomic mass is 19.4. The van der Waals surface area contributed by atoms with Crippen LogP contribution in [0, 0.1) is 17.3 Å². The van der Waals surface area contributed by atoms with Crippen LogP contribution in [-0.4, -0.2) is 18.1 Å². The van der Waals surface area contributed by atoms with E-state index < -0.39 is 12.1 Å².